The van der Waals surface area contributed by atoms with Crippen molar-refractivity contribution in [3.05, 3.63) is 53.8 Å². The standard InChI is InChI=1S/C30H52N6O/c1-9-13-15-16-17-21-36-29(32-30(31)37)26(7)28(33-36)25(6)23-34(8)27(18-14-10-2)35(20-11-3)22-19-24(5)12-4/h9,13-18,21,24-25,27H,10-12,19-20,22-23H2,1-8H3,(H3,31,32,37)/b13-9-,16-15-,18-14?,21-17+. The zero-order valence-corrected chi connectivity index (χ0v) is 24.6. The molecule has 7 nitrogen and oxygen atoms in total. The number of aromatic nitrogens is 2. The van der Waals surface area contributed by atoms with Crippen LogP contribution in [0.2, 0.25) is 0 Å². The largest absolute Gasteiger partial charge is 0.351 e. The van der Waals surface area contributed by atoms with E-state index in [2.05, 4.69) is 68.9 Å². The number of rotatable bonds is 17. The summed E-state index contributed by atoms with van der Waals surface area (Å²) in [6.07, 6.45) is 20.9. The van der Waals surface area contributed by atoms with Crippen molar-refractivity contribution < 1.29 is 4.79 Å². The van der Waals surface area contributed by atoms with Gasteiger partial charge in [0.05, 0.1) is 11.9 Å². The second-order valence-electron chi connectivity index (χ2n) is 9.97. The fourth-order valence-corrected chi connectivity index (χ4v) is 4.43. The number of amides is 2. The monoisotopic (exact) mass is 512 g/mol. The Labute approximate surface area is 226 Å². The molecule has 37 heavy (non-hydrogen) atoms. The van der Waals surface area contributed by atoms with Crippen LogP contribution < -0.4 is 11.1 Å². The van der Waals surface area contributed by atoms with Gasteiger partial charge in [-0.25, -0.2) is 9.48 Å². The van der Waals surface area contributed by atoms with E-state index in [0.717, 1.165) is 49.7 Å². The predicted octanol–water partition coefficient (Wildman–Crippen LogP) is 6.76. The summed E-state index contributed by atoms with van der Waals surface area (Å²) in [5.74, 6) is 1.49. The third-order valence-electron chi connectivity index (χ3n) is 6.69. The van der Waals surface area contributed by atoms with Gasteiger partial charge in [0.15, 0.2) is 0 Å². The summed E-state index contributed by atoms with van der Waals surface area (Å²) in [7, 11) is 2.20. The lowest BCUT2D eigenvalue weighted by Crippen LogP contribution is -2.47. The van der Waals surface area contributed by atoms with E-state index in [1.807, 2.05) is 50.4 Å². The van der Waals surface area contributed by atoms with Crippen LogP contribution in [0.25, 0.3) is 6.20 Å². The summed E-state index contributed by atoms with van der Waals surface area (Å²) in [5.41, 5.74) is 7.36. The van der Waals surface area contributed by atoms with Crippen molar-refractivity contribution in [3.8, 4) is 0 Å². The highest BCUT2D eigenvalue weighted by atomic mass is 16.2. The Bertz CT molecular complexity index is 913. The third kappa shape index (κ3) is 11.1. The number of nitrogens with zero attached hydrogens (tertiary/aromatic N) is 4. The number of hydrogen-bond donors (Lipinski definition) is 2. The van der Waals surface area contributed by atoms with Crippen molar-refractivity contribution in [3.63, 3.8) is 0 Å². The number of nitrogens with two attached hydrogens (primary N) is 1. The number of hydrogen-bond acceptors (Lipinski definition) is 4. The van der Waals surface area contributed by atoms with E-state index in [4.69, 9.17) is 10.8 Å². The van der Waals surface area contributed by atoms with Gasteiger partial charge >= 0.3 is 6.03 Å². The van der Waals surface area contributed by atoms with Gasteiger partial charge in [-0.3, -0.25) is 15.1 Å². The van der Waals surface area contributed by atoms with Gasteiger partial charge in [-0.2, -0.15) is 5.10 Å². The minimum Gasteiger partial charge on any atom is -0.351 e. The highest BCUT2D eigenvalue weighted by Gasteiger charge is 2.25. The van der Waals surface area contributed by atoms with E-state index in [9.17, 15) is 4.79 Å². The molecule has 7 heteroatoms. The number of primary amides is 1. The van der Waals surface area contributed by atoms with E-state index in [1.54, 1.807) is 4.68 Å². The zero-order valence-electron chi connectivity index (χ0n) is 24.6. The Kier molecular flexibility index (Phi) is 15.5. The average molecular weight is 513 g/mol. The van der Waals surface area contributed by atoms with E-state index in [-0.39, 0.29) is 12.1 Å². The van der Waals surface area contributed by atoms with Crippen LogP contribution in [0.15, 0.2) is 42.5 Å². The predicted molar refractivity (Wildman–Crippen MR) is 160 cm³/mol. The van der Waals surface area contributed by atoms with Gasteiger partial charge in [-0.15, -0.1) is 0 Å². The smallest absolute Gasteiger partial charge is 0.317 e. The summed E-state index contributed by atoms with van der Waals surface area (Å²) in [4.78, 5) is 16.7. The summed E-state index contributed by atoms with van der Waals surface area (Å²) >= 11 is 0. The van der Waals surface area contributed by atoms with Gasteiger partial charge in [0.1, 0.15) is 5.82 Å². The SMILES string of the molecule is C\C=C/C=C\C=C\n1nc(C(C)CN(C)C(C=CCC)N(CCC)CCC(C)CC)c(C)c1NC(N)=O. The summed E-state index contributed by atoms with van der Waals surface area (Å²) in [6, 6.07) is -0.597. The van der Waals surface area contributed by atoms with Gasteiger partial charge in [0.2, 0.25) is 0 Å². The highest BCUT2D eigenvalue weighted by molar-refractivity contribution is 5.88. The first-order valence-electron chi connectivity index (χ1n) is 13.9. The molecule has 1 heterocycles. The minimum absolute atomic E-state index is 0.155. The summed E-state index contributed by atoms with van der Waals surface area (Å²) in [6.45, 7) is 18.2. The number of carbonyl (C=O) groups is 1. The molecule has 0 aliphatic heterocycles. The van der Waals surface area contributed by atoms with E-state index in [1.165, 1.54) is 12.8 Å². The second kappa shape index (κ2) is 17.8. The number of likely N-dealkylation sites (N-methyl/N-ethyl adjacent to an activating group) is 1. The number of allylic oxidation sites excluding steroid dienone is 6. The maximum Gasteiger partial charge on any atom is 0.317 e. The third-order valence-corrected chi connectivity index (χ3v) is 6.69. The molecule has 0 spiro atoms. The molecule has 0 aliphatic carbocycles. The highest BCUT2D eigenvalue weighted by Crippen LogP contribution is 2.27. The van der Waals surface area contributed by atoms with Gasteiger partial charge in [-0.05, 0) is 58.7 Å². The normalized spacial score (nSPS) is 15.2. The molecule has 0 bridgehead atoms. The van der Waals surface area contributed by atoms with Crippen molar-refractivity contribution in [2.24, 2.45) is 11.7 Å². The van der Waals surface area contributed by atoms with Crippen molar-refractivity contribution in [2.75, 3.05) is 32.0 Å². The number of urea groups is 1. The van der Waals surface area contributed by atoms with Gasteiger partial charge in [0, 0.05) is 30.8 Å². The molecular formula is C30H52N6O. The molecule has 1 aromatic heterocycles. The zero-order chi connectivity index (χ0) is 27.8. The molecule has 208 valence electrons. The van der Waals surface area contributed by atoms with Gasteiger partial charge in [0.25, 0.3) is 0 Å². The first-order chi connectivity index (χ1) is 17.7. The van der Waals surface area contributed by atoms with Crippen LogP contribution in [0.4, 0.5) is 10.6 Å². The fourth-order valence-electron chi connectivity index (χ4n) is 4.43. The number of carbonyl (C=O) groups excluding carboxylic acids is 1. The lowest BCUT2D eigenvalue weighted by molar-refractivity contribution is 0.0862. The van der Waals surface area contributed by atoms with Crippen LogP contribution in [0.5, 0.6) is 0 Å². The molecule has 1 aromatic rings. The second-order valence-corrected chi connectivity index (χ2v) is 9.97. The van der Waals surface area contributed by atoms with E-state index < -0.39 is 6.03 Å². The number of anilines is 1. The van der Waals surface area contributed by atoms with Crippen molar-refractivity contribution in [1.29, 1.82) is 0 Å². The minimum atomic E-state index is -0.597. The molecule has 0 aliphatic rings. The molecule has 0 aromatic carbocycles. The molecule has 0 fully saturated rings. The first kappa shape index (κ1) is 32.4. The van der Waals surface area contributed by atoms with E-state index in [0.29, 0.717) is 5.82 Å². The van der Waals surface area contributed by atoms with Crippen molar-refractivity contribution in [2.45, 2.75) is 86.2 Å². The molecule has 0 saturated carbocycles. The Morgan fingerprint density at radius 1 is 1.14 bits per heavy atom. The Hall–Kier alpha value is -2.64. The van der Waals surface area contributed by atoms with Gasteiger partial charge in [-0.1, -0.05) is 77.5 Å². The lowest BCUT2D eigenvalue weighted by atomic mass is 10.0. The molecule has 1 rings (SSSR count). The fraction of sp³-hybridized carbons (Fsp3) is 0.600. The van der Waals surface area contributed by atoms with Crippen molar-refractivity contribution in [1.82, 2.24) is 19.6 Å². The van der Waals surface area contributed by atoms with Crippen LogP contribution in [-0.2, 0) is 0 Å². The molecule has 0 saturated heterocycles. The number of nitrogens with one attached hydrogen (secondary N) is 1. The van der Waals surface area contributed by atoms with Crippen LogP contribution in [0.1, 0.15) is 84.4 Å². The maximum absolute atomic E-state index is 11.7. The van der Waals surface area contributed by atoms with Crippen LogP contribution in [0, 0.1) is 12.8 Å². The van der Waals surface area contributed by atoms with Crippen LogP contribution in [0.3, 0.4) is 0 Å². The topological polar surface area (TPSA) is 79.4 Å². The molecule has 2 amide bonds. The molecule has 3 unspecified atom stereocenters. The maximum atomic E-state index is 11.7. The summed E-state index contributed by atoms with van der Waals surface area (Å²) in [5, 5.41) is 7.61. The summed E-state index contributed by atoms with van der Waals surface area (Å²) < 4.78 is 1.70. The van der Waals surface area contributed by atoms with Crippen molar-refractivity contribution >= 4 is 18.0 Å². The van der Waals surface area contributed by atoms with E-state index >= 15 is 0 Å². The molecular weight excluding hydrogens is 460 g/mol. The molecule has 3 N–H and O–H groups in total. The van der Waals surface area contributed by atoms with Gasteiger partial charge < -0.3 is 5.73 Å². The van der Waals surface area contributed by atoms with Crippen LogP contribution in [-0.4, -0.2) is 58.5 Å². The molecule has 3 atom stereocenters. The lowest BCUT2D eigenvalue weighted by Gasteiger charge is -2.37. The Morgan fingerprint density at radius 2 is 1.84 bits per heavy atom. The molecule has 0 radical (unpaired) electrons. The van der Waals surface area contributed by atoms with Crippen LogP contribution >= 0.6 is 0 Å². The first-order valence-corrected chi connectivity index (χ1v) is 13.9. The Balaban J connectivity index is 3.21. The Morgan fingerprint density at radius 3 is 2.43 bits per heavy atom. The quantitative estimate of drug-likeness (QED) is 0.137. The average Bonchev–Trinajstić information content (AvgIpc) is 3.16.